The third-order valence-electron chi connectivity index (χ3n) is 3.99. The molecule has 0 aromatic carbocycles. The average Bonchev–Trinajstić information content (AvgIpc) is 2.74. The number of Topliss-reactive ketones (excluding diaryl/α,β-unsaturated/α-hetero) is 1. The van der Waals surface area contributed by atoms with Crippen LogP contribution < -0.4 is 5.14 Å². The monoisotopic (exact) mass is 269 g/mol. The molecule has 0 spiro atoms. The van der Waals surface area contributed by atoms with Gasteiger partial charge in [0.1, 0.15) is 0 Å². The Morgan fingerprint density at radius 2 is 2.06 bits per heavy atom. The highest BCUT2D eigenvalue weighted by Gasteiger charge is 2.38. The number of ketones is 1. The molecule has 98 valence electrons. The molecule has 2 atom stereocenters. The largest absolute Gasteiger partial charge is 0.317 e. The molecule has 3 rings (SSSR count). The van der Waals surface area contributed by atoms with Crippen LogP contribution in [0.5, 0.6) is 0 Å². The summed E-state index contributed by atoms with van der Waals surface area (Å²) in [6, 6.07) is 0. The van der Waals surface area contributed by atoms with Crippen LogP contribution in [0.1, 0.15) is 54.1 Å². The molecule has 7 heteroatoms. The number of nitrogens with zero attached hydrogens (tertiary/aromatic N) is 2. The van der Waals surface area contributed by atoms with Crippen LogP contribution >= 0.6 is 0 Å². The van der Waals surface area contributed by atoms with Gasteiger partial charge in [0.15, 0.2) is 5.78 Å². The topological polar surface area (TPSA) is 95.1 Å². The fraction of sp³-hybridized carbons (Fsp3) is 0.636. The highest BCUT2D eigenvalue weighted by Crippen LogP contribution is 2.44. The zero-order valence-corrected chi connectivity index (χ0v) is 10.7. The number of fused-ring (bicyclic) bond motifs is 3. The molecule has 1 heterocycles. The van der Waals surface area contributed by atoms with Crippen LogP contribution in [0.25, 0.3) is 0 Å². The van der Waals surface area contributed by atoms with Gasteiger partial charge in [-0.3, -0.25) is 4.79 Å². The summed E-state index contributed by atoms with van der Waals surface area (Å²) in [6.07, 6.45) is 6.02. The molecule has 2 aliphatic rings. The van der Waals surface area contributed by atoms with E-state index in [0.29, 0.717) is 23.6 Å². The Hall–Kier alpha value is -1.21. The van der Waals surface area contributed by atoms with Crippen LogP contribution in [0.2, 0.25) is 0 Å². The molecule has 1 fully saturated rings. The first-order valence-electron chi connectivity index (χ1n) is 6.13. The first-order valence-corrected chi connectivity index (χ1v) is 7.63. The van der Waals surface area contributed by atoms with Gasteiger partial charge in [-0.25, -0.2) is 5.14 Å². The van der Waals surface area contributed by atoms with Crippen molar-refractivity contribution in [1.29, 1.82) is 0 Å². The summed E-state index contributed by atoms with van der Waals surface area (Å²) in [7, 11) is -3.90. The van der Waals surface area contributed by atoms with Crippen LogP contribution in [-0.2, 0) is 10.2 Å². The van der Waals surface area contributed by atoms with Crippen LogP contribution in [0.15, 0.2) is 6.20 Å². The maximum Gasteiger partial charge on any atom is 0.317 e. The van der Waals surface area contributed by atoms with Crippen molar-refractivity contribution in [3.05, 3.63) is 17.5 Å². The Balaban J connectivity index is 2.10. The molecule has 0 amide bonds. The second-order valence-electron chi connectivity index (χ2n) is 5.12. The molecule has 1 aromatic rings. The molecule has 18 heavy (non-hydrogen) atoms. The predicted molar refractivity (Wildman–Crippen MR) is 64.4 cm³/mol. The van der Waals surface area contributed by atoms with Gasteiger partial charge >= 0.3 is 10.2 Å². The van der Waals surface area contributed by atoms with E-state index in [1.807, 2.05) is 0 Å². The van der Waals surface area contributed by atoms with Crippen molar-refractivity contribution in [3.8, 4) is 0 Å². The first kappa shape index (κ1) is 11.9. The average molecular weight is 269 g/mol. The third kappa shape index (κ3) is 1.78. The van der Waals surface area contributed by atoms with E-state index in [0.717, 1.165) is 29.8 Å². The molecule has 6 nitrogen and oxygen atoms in total. The number of aromatic nitrogens is 2. The summed E-state index contributed by atoms with van der Waals surface area (Å²) in [4.78, 5) is 12.0. The van der Waals surface area contributed by atoms with Crippen molar-refractivity contribution in [3.63, 3.8) is 0 Å². The Morgan fingerprint density at radius 3 is 2.78 bits per heavy atom. The van der Waals surface area contributed by atoms with Crippen molar-refractivity contribution in [2.75, 3.05) is 0 Å². The highest BCUT2D eigenvalue weighted by atomic mass is 32.2. The van der Waals surface area contributed by atoms with Crippen LogP contribution in [0, 0.1) is 5.92 Å². The molecule has 0 radical (unpaired) electrons. The highest BCUT2D eigenvalue weighted by molar-refractivity contribution is 7.87. The summed E-state index contributed by atoms with van der Waals surface area (Å²) in [5.74, 6) is 0.528. The fourth-order valence-electron chi connectivity index (χ4n) is 3.14. The predicted octanol–water partition coefficient (Wildman–Crippen LogP) is 0.795. The lowest BCUT2D eigenvalue weighted by molar-refractivity contribution is 0.0918. The Kier molecular flexibility index (Phi) is 2.56. The Morgan fingerprint density at radius 1 is 1.33 bits per heavy atom. The molecule has 1 saturated carbocycles. The maximum atomic E-state index is 12.0. The van der Waals surface area contributed by atoms with Gasteiger partial charge in [-0.15, -0.1) is 0 Å². The van der Waals surface area contributed by atoms with Gasteiger partial charge in [0.05, 0.1) is 17.5 Å². The molecular formula is C11H15N3O3S. The van der Waals surface area contributed by atoms with Gasteiger partial charge < -0.3 is 0 Å². The minimum atomic E-state index is -3.90. The van der Waals surface area contributed by atoms with Crippen LogP contribution in [-0.4, -0.2) is 23.4 Å². The number of carbonyl (C=O) groups excluding carboxylic acids is 1. The van der Waals surface area contributed by atoms with Gasteiger partial charge in [0.2, 0.25) is 0 Å². The van der Waals surface area contributed by atoms with Crippen molar-refractivity contribution in [2.45, 2.75) is 38.0 Å². The Labute approximate surface area is 105 Å². The molecular weight excluding hydrogens is 254 g/mol. The van der Waals surface area contributed by atoms with E-state index >= 15 is 0 Å². The lowest BCUT2D eigenvalue weighted by Gasteiger charge is -2.33. The fourth-order valence-corrected chi connectivity index (χ4v) is 3.60. The molecule has 1 aromatic heterocycles. The lowest BCUT2D eigenvalue weighted by Crippen LogP contribution is -2.27. The van der Waals surface area contributed by atoms with Gasteiger partial charge in [-0.1, -0.05) is 12.8 Å². The molecule has 2 aliphatic carbocycles. The van der Waals surface area contributed by atoms with E-state index in [4.69, 9.17) is 5.14 Å². The summed E-state index contributed by atoms with van der Waals surface area (Å²) >= 11 is 0. The van der Waals surface area contributed by atoms with Gasteiger partial charge in [0.25, 0.3) is 0 Å². The summed E-state index contributed by atoms with van der Waals surface area (Å²) < 4.78 is 23.3. The second kappa shape index (κ2) is 3.89. The van der Waals surface area contributed by atoms with E-state index < -0.39 is 10.2 Å². The van der Waals surface area contributed by atoms with Crippen molar-refractivity contribution < 1.29 is 13.2 Å². The number of nitrogens with two attached hydrogens (primary N) is 1. The third-order valence-corrected chi connectivity index (χ3v) is 4.70. The summed E-state index contributed by atoms with van der Waals surface area (Å²) in [5, 5.41) is 9.08. The molecule has 2 unspecified atom stereocenters. The zero-order chi connectivity index (χ0) is 12.9. The molecule has 0 saturated heterocycles. The van der Waals surface area contributed by atoms with E-state index in [-0.39, 0.29) is 11.7 Å². The van der Waals surface area contributed by atoms with Gasteiger partial charge in [-0.2, -0.15) is 17.6 Å². The van der Waals surface area contributed by atoms with E-state index in [2.05, 4.69) is 5.10 Å². The maximum absolute atomic E-state index is 12.0. The van der Waals surface area contributed by atoms with Crippen molar-refractivity contribution >= 4 is 16.0 Å². The minimum absolute atomic E-state index is 0.0111. The number of hydrogen-bond acceptors (Lipinski definition) is 4. The van der Waals surface area contributed by atoms with Gasteiger partial charge in [-0.05, 0) is 18.8 Å². The van der Waals surface area contributed by atoms with Crippen molar-refractivity contribution in [1.82, 2.24) is 9.19 Å². The van der Waals surface area contributed by atoms with E-state index in [1.54, 1.807) is 0 Å². The quantitative estimate of drug-likeness (QED) is 0.815. The van der Waals surface area contributed by atoms with Crippen molar-refractivity contribution in [2.24, 2.45) is 11.1 Å². The van der Waals surface area contributed by atoms with Gasteiger partial charge in [0, 0.05) is 12.3 Å². The molecule has 0 bridgehead atoms. The number of carbonyl (C=O) groups is 1. The Bertz CT molecular complexity index is 605. The SMILES string of the molecule is NS(=O)(=O)n1cc2c(n1)C1CCCCC1CC2=O. The number of hydrogen-bond donors (Lipinski definition) is 1. The van der Waals surface area contributed by atoms with Crippen LogP contribution in [0.3, 0.4) is 0 Å². The van der Waals surface area contributed by atoms with Crippen LogP contribution in [0.4, 0.5) is 0 Å². The summed E-state index contributed by atoms with van der Waals surface area (Å²) in [5.41, 5.74) is 1.07. The van der Waals surface area contributed by atoms with E-state index in [9.17, 15) is 13.2 Å². The lowest BCUT2D eigenvalue weighted by atomic mass is 9.70. The second-order valence-corrected chi connectivity index (χ2v) is 6.53. The van der Waals surface area contributed by atoms with E-state index in [1.165, 1.54) is 6.20 Å². The zero-order valence-electron chi connectivity index (χ0n) is 9.87. The molecule has 0 aliphatic heterocycles. The standard InChI is InChI=1S/C11H15N3O3S/c12-18(16,17)14-6-9-10(15)5-7-3-1-2-4-8(7)11(9)13-14/h6-8H,1-5H2,(H2,12,16,17). The smallest absolute Gasteiger partial charge is 0.294 e. The minimum Gasteiger partial charge on any atom is -0.294 e. The summed E-state index contributed by atoms with van der Waals surface area (Å²) in [6.45, 7) is 0. The molecule has 2 N–H and O–H groups in total. The number of rotatable bonds is 1. The first-order chi connectivity index (χ1) is 8.47. The normalized spacial score (nSPS) is 27.7.